The minimum atomic E-state index is 0.661. The molecule has 0 aliphatic carbocycles. The van der Waals surface area contributed by atoms with E-state index in [0.717, 1.165) is 31.9 Å². The second kappa shape index (κ2) is 5.05. The fraction of sp³-hybridized carbons (Fsp3) is 0.400. The predicted octanol–water partition coefficient (Wildman–Crippen LogP) is 1.71. The lowest BCUT2D eigenvalue weighted by atomic mass is 10.2. The van der Waals surface area contributed by atoms with Gasteiger partial charge in [-0.2, -0.15) is 0 Å². The van der Waals surface area contributed by atoms with Crippen LogP contribution in [-0.2, 0) is 19.5 Å². The lowest BCUT2D eigenvalue weighted by molar-refractivity contribution is 0.557. The molecule has 1 aromatic heterocycles. The van der Waals surface area contributed by atoms with Crippen LogP contribution in [0, 0.1) is 6.92 Å². The van der Waals surface area contributed by atoms with Crippen LogP contribution in [0.5, 0.6) is 0 Å². The summed E-state index contributed by atoms with van der Waals surface area (Å²) < 4.78 is 2.34. The summed E-state index contributed by atoms with van der Waals surface area (Å²) in [5.41, 5.74) is 9.47. The highest BCUT2D eigenvalue weighted by atomic mass is 15.2. The molecule has 1 aliphatic rings. The Morgan fingerprint density at radius 1 is 1.21 bits per heavy atom. The van der Waals surface area contributed by atoms with Crippen LogP contribution in [0.4, 0.5) is 5.69 Å². The molecule has 100 valence electrons. The van der Waals surface area contributed by atoms with Crippen molar-refractivity contribution in [2.75, 3.05) is 18.0 Å². The van der Waals surface area contributed by atoms with Crippen molar-refractivity contribution in [2.24, 2.45) is 5.73 Å². The molecular formula is C15H20N4. The number of imidazole rings is 1. The van der Waals surface area contributed by atoms with E-state index in [1.54, 1.807) is 0 Å². The Morgan fingerprint density at radius 3 is 2.74 bits per heavy atom. The summed E-state index contributed by atoms with van der Waals surface area (Å²) in [7, 11) is 0. The Bertz CT molecular complexity index is 559. The first-order valence-corrected chi connectivity index (χ1v) is 6.84. The normalized spacial score (nSPS) is 14.5. The van der Waals surface area contributed by atoms with Crippen molar-refractivity contribution in [3.8, 4) is 0 Å². The third-order valence-corrected chi connectivity index (χ3v) is 3.78. The van der Waals surface area contributed by atoms with Gasteiger partial charge in [0.15, 0.2) is 0 Å². The lowest BCUT2D eigenvalue weighted by Crippen LogP contribution is -2.34. The highest BCUT2D eigenvalue weighted by Crippen LogP contribution is 2.24. The summed E-state index contributed by atoms with van der Waals surface area (Å²) in [6.07, 6.45) is 0.867. The molecule has 2 heterocycles. The molecule has 0 radical (unpaired) electrons. The van der Waals surface area contributed by atoms with Gasteiger partial charge in [-0.3, -0.25) is 0 Å². The summed E-state index contributed by atoms with van der Waals surface area (Å²) in [5.74, 6) is 1.12. The summed E-state index contributed by atoms with van der Waals surface area (Å²) in [6.45, 7) is 5.72. The van der Waals surface area contributed by atoms with Gasteiger partial charge in [-0.1, -0.05) is 18.2 Å². The minimum Gasteiger partial charge on any atom is -0.364 e. The van der Waals surface area contributed by atoms with Crippen LogP contribution in [-0.4, -0.2) is 22.6 Å². The van der Waals surface area contributed by atoms with Crippen LogP contribution < -0.4 is 10.6 Å². The van der Waals surface area contributed by atoms with Crippen molar-refractivity contribution in [3.05, 3.63) is 47.5 Å². The van der Waals surface area contributed by atoms with E-state index in [1.165, 1.54) is 17.1 Å². The number of anilines is 1. The molecule has 0 atom stereocenters. The molecule has 2 aromatic rings. The largest absolute Gasteiger partial charge is 0.364 e. The van der Waals surface area contributed by atoms with Crippen LogP contribution >= 0.6 is 0 Å². The number of hydrogen-bond donors (Lipinski definition) is 1. The number of rotatable bonds is 3. The van der Waals surface area contributed by atoms with Gasteiger partial charge in [0, 0.05) is 25.2 Å². The molecule has 4 nitrogen and oxygen atoms in total. The van der Waals surface area contributed by atoms with E-state index < -0.39 is 0 Å². The third-order valence-electron chi connectivity index (χ3n) is 3.78. The van der Waals surface area contributed by atoms with Crippen molar-refractivity contribution in [2.45, 2.75) is 26.4 Å². The van der Waals surface area contributed by atoms with Crippen LogP contribution in [0.25, 0.3) is 0 Å². The maximum absolute atomic E-state index is 5.69. The zero-order valence-electron chi connectivity index (χ0n) is 11.3. The second-order valence-corrected chi connectivity index (χ2v) is 5.00. The molecule has 0 unspecified atom stereocenters. The molecule has 0 amide bonds. The van der Waals surface area contributed by atoms with Gasteiger partial charge >= 0.3 is 0 Å². The zero-order chi connectivity index (χ0) is 13.2. The van der Waals surface area contributed by atoms with E-state index in [2.05, 4.69) is 51.7 Å². The van der Waals surface area contributed by atoms with Crippen LogP contribution in [0.1, 0.15) is 17.2 Å². The summed E-state index contributed by atoms with van der Waals surface area (Å²) in [4.78, 5) is 7.08. The maximum Gasteiger partial charge on any atom is 0.106 e. The average Bonchev–Trinajstić information content (AvgIpc) is 2.77. The molecule has 0 saturated carbocycles. The highest BCUT2D eigenvalue weighted by molar-refractivity contribution is 5.47. The zero-order valence-corrected chi connectivity index (χ0v) is 11.3. The van der Waals surface area contributed by atoms with Gasteiger partial charge in [-0.05, 0) is 25.6 Å². The van der Waals surface area contributed by atoms with E-state index in [1.807, 2.05) is 0 Å². The maximum atomic E-state index is 5.69. The fourth-order valence-electron chi connectivity index (χ4n) is 2.82. The number of nitrogens with zero attached hydrogens (tertiary/aromatic N) is 3. The SMILES string of the molecule is Cc1nc(CCN)c2n1CCN(c1ccccc1)C2. The summed E-state index contributed by atoms with van der Waals surface area (Å²) in [6, 6.07) is 10.6. The van der Waals surface area contributed by atoms with Crippen LogP contribution in [0.3, 0.4) is 0 Å². The van der Waals surface area contributed by atoms with Gasteiger partial charge < -0.3 is 15.2 Å². The minimum absolute atomic E-state index is 0.661. The Balaban J connectivity index is 1.90. The lowest BCUT2D eigenvalue weighted by Gasteiger charge is -2.31. The third kappa shape index (κ3) is 2.24. The van der Waals surface area contributed by atoms with E-state index in [9.17, 15) is 0 Å². The van der Waals surface area contributed by atoms with Crippen molar-refractivity contribution < 1.29 is 0 Å². The summed E-state index contributed by atoms with van der Waals surface area (Å²) in [5, 5.41) is 0. The van der Waals surface area contributed by atoms with Crippen molar-refractivity contribution >= 4 is 5.69 Å². The van der Waals surface area contributed by atoms with Crippen molar-refractivity contribution in [1.29, 1.82) is 0 Å². The molecule has 0 bridgehead atoms. The molecule has 3 rings (SSSR count). The molecule has 4 heteroatoms. The number of aryl methyl sites for hydroxylation is 1. The first kappa shape index (κ1) is 12.2. The van der Waals surface area contributed by atoms with E-state index >= 15 is 0 Å². The van der Waals surface area contributed by atoms with E-state index in [4.69, 9.17) is 5.73 Å². The first-order chi connectivity index (χ1) is 9.29. The molecule has 19 heavy (non-hydrogen) atoms. The topological polar surface area (TPSA) is 47.1 Å². The van der Waals surface area contributed by atoms with Gasteiger partial charge in [0.2, 0.25) is 0 Å². The van der Waals surface area contributed by atoms with E-state index in [-0.39, 0.29) is 0 Å². The molecule has 1 aliphatic heterocycles. The van der Waals surface area contributed by atoms with Crippen LogP contribution in [0.15, 0.2) is 30.3 Å². The fourth-order valence-corrected chi connectivity index (χ4v) is 2.82. The molecule has 2 N–H and O–H groups in total. The van der Waals surface area contributed by atoms with E-state index in [0.29, 0.717) is 6.54 Å². The summed E-state index contributed by atoms with van der Waals surface area (Å²) >= 11 is 0. The Morgan fingerprint density at radius 2 is 2.00 bits per heavy atom. The molecular weight excluding hydrogens is 236 g/mol. The highest BCUT2D eigenvalue weighted by Gasteiger charge is 2.22. The predicted molar refractivity (Wildman–Crippen MR) is 77.2 cm³/mol. The molecule has 1 aromatic carbocycles. The quantitative estimate of drug-likeness (QED) is 0.909. The Labute approximate surface area is 113 Å². The van der Waals surface area contributed by atoms with Gasteiger partial charge in [0.25, 0.3) is 0 Å². The smallest absolute Gasteiger partial charge is 0.106 e. The number of benzene rings is 1. The van der Waals surface area contributed by atoms with Crippen molar-refractivity contribution in [1.82, 2.24) is 9.55 Å². The first-order valence-electron chi connectivity index (χ1n) is 6.84. The molecule has 0 saturated heterocycles. The number of hydrogen-bond acceptors (Lipinski definition) is 3. The molecule has 0 spiro atoms. The molecule has 0 fully saturated rings. The number of aromatic nitrogens is 2. The second-order valence-electron chi connectivity index (χ2n) is 5.00. The monoisotopic (exact) mass is 256 g/mol. The number of nitrogens with two attached hydrogens (primary N) is 1. The standard InChI is InChI=1S/C15H20N4/c1-12-17-14(7-8-16)15-11-18(9-10-19(12)15)13-5-3-2-4-6-13/h2-6H,7-11,16H2,1H3. The van der Waals surface area contributed by atoms with Gasteiger partial charge in [0.05, 0.1) is 17.9 Å². The number of fused-ring (bicyclic) bond motifs is 1. The Kier molecular flexibility index (Phi) is 3.25. The van der Waals surface area contributed by atoms with Gasteiger partial charge in [-0.25, -0.2) is 4.98 Å². The van der Waals surface area contributed by atoms with Crippen molar-refractivity contribution in [3.63, 3.8) is 0 Å². The number of para-hydroxylation sites is 1. The van der Waals surface area contributed by atoms with Gasteiger partial charge in [0.1, 0.15) is 5.82 Å². The average molecular weight is 256 g/mol. The van der Waals surface area contributed by atoms with Crippen LogP contribution in [0.2, 0.25) is 0 Å². The Hall–Kier alpha value is -1.81. The van der Waals surface area contributed by atoms with Gasteiger partial charge in [-0.15, -0.1) is 0 Å².